The minimum absolute atomic E-state index is 0.239. The average Bonchev–Trinajstić information content (AvgIpc) is 3.18. The molecule has 3 rings (SSSR count). The smallest absolute Gasteiger partial charge is 0.129 e. The van der Waals surface area contributed by atoms with Gasteiger partial charge in [0, 0.05) is 29.1 Å². The molecule has 98 valence electrons. The third-order valence-corrected chi connectivity index (χ3v) is 3.82. The molecule has 1 nitrogen and oxygen atoms in total. The van der Waals surface area contributed by atoms with Gasteiger partial charge in [0.2, 0.25) is 0 Å². The number of benzene rings is 2. The van der Waals surface area contributed by atoms with Gasteiger partial charge in [-0.15, -0.1) is 0 Å². The average molecular weight is 276 g/mol. The van der Waals surface area contributed by atoms with Crippen LogP contribution in [0.15, 0.2) is 48.5 Å². The molecule has 2 aromatic carbocycles. The Labute approximate surface area is 117 Å². The van der Waals surface area contributed by atoms with Gasteiger partial charge in [0.25, 0.3) is 0 Å². The van der Waals surface area contributed by atoms with Crippen LogP contribution in [0.3, 0.4) is 0 Å². The van der Waals surface area contributed by atoms with E-state index in [1.807, 2.05) is 6.07 Å². The Kier molecular flexibility index (Phi) is 3.54. The van der Waals surface area contributed by atoms with E-state index in [0.29, 0.717) is 29.1 Å². The van der Waals surface area contributed by atoms with Crippen molar-refractivity contribution in [2.45, 2.75) is 24.9 Å². The molecule has 1 aliphatic rings. The van der Waals surface area contributed by atoms with Gasteiger partial charge in [-0.3, -0.25) is 0 Å². The molecular formula is C16H15ClFN. The second-order valence-electron chi connectivity index (χ2n) is 4.98. The van der Waals surface area contributed by atoms with Crippen molar-refractivity contribution in [3.05, 3.63) is 70.5 Å². The number of hydrogen-bond donors (Lipinski definition) is 1. The van der Waals surface area contributed by atoms with Crippen LogP contribution in [0.4, 0.5) is 4.39 Å². The Balaban J connectivity index is 1.57. The molecular weight excluding hydrogens is 261 g/mol. The molecule has 0 saturated heterocycles. The van der Waals surface area contributed by atoms with Gasteiger partial charge in [-0.2, -0.15) is 0 Å². The summed E-state index contributed by atoms with van der Waals surface area (Å²) in [4.78, 5) is 0. The lowest BCUT2D eigenvalue weighted by atomic mass is 10.1. The maximum atomic E-state index is 13.6. The lowest BCUT2D eigenvalue weighted by molar-refractivity contribution is 0.584. The first kappa shape index (κ1) is 12.6. The van der Waals surface area contributed by atoms with E-state index in [9.17, 15) is 4.39 Å². The van der Waals surface area contributed by atoms with E-state index < -0.39 is 0 Å². The predicted molar refractivity (Wildman–Crippen MR) is 75.8 cm³/mol. The van der Waals surface area contributed by atoms with Gasteiger partial charge < -0.3 is 5.32 Å². The molecule has 0 radical (unpaired) electrons. The molecule has 0 spiro atoms. The lowest BCUT2D eigenvalue weighted by Crippen LogP contribution is -2.18. The molecule has 1 N–H and O–H groups in total. The second kappa shape index (κ2) is 5.32. The third kappa shape index (κ3) is 2.96. The summed E-state index contributed by atoms with van der Waals surface area (Å²) in [6.07, 6.45) is 1.12. The first-order chi connectivity index (χ1) is 9.24. The molecule has 2 aromatic rings. The Bertz CT molecular complexity index is 570. The van der Waals surface area contributed by atoms with Crippen LogP contribution in [0.5, 0.6) is 0 Å². The molecule has 19 heavy (non-hydrogen) atoms. The highest BCUT2D eigenvalue weighted by Gasteiger charge is 2.37. The van der Waals surface area contributed by atoms with Gasteiger partial charge in [-0.25, -0.2) is 4.39 Å². The fourth-order valence-electron chi connectivity index (χ4n) is 2.40. The fraction of sp³-hybridized carbons (Fsp3) is 0.250. The van der Waals surface area contributed by atoms with E-state index in [1.54, 1.807) is 12.1 Å². The van der Waals surface area contributed by atoms with Crippen LogP contribution < -0.4 is 5.32 Å². The summed E-state index contributed by atoms with van der Waals surface area (Å²) in [7, 11) is 0. The highest BCUT2D eigenvalue weighted by Crippen LogP contribution is 2.40. The zero-order chi connectivity index (χ0) is 13.2. The summed E-state index contributed by atoms with van der Waals surface area (Å²) in [6, 6.07) is 15.7. The molecule has 0 aromatic heterocycles. The van der Waals surface area contributed by atoms with Gasteiger partial charge >= 0.3 is 0 Å². The fourth-order valence-corrected chi connectivity index (χ4v) is 2.55. The van der Waals surface area contributed by atoms with Crippen LogP contribution in [0.1, 0.15) is 23.5 Å². The van der Waals surface area contributed by atoms with Crippen molar-refractivity contribution in [2.24, 2.45) is 0 Å². The number of halogens is 2. The van der Waals surface area contributed by atoms with Crippen LogP contribution in [-0.2, 0) is 6.54 Å². The predicted octanol–water partition coefficient (Wildman–Crippen LogP) is 4.12. The summed E-state index contributed by atoms with van der Waals surface area (Å²) in [5, 5.41) is 3.84. The van der Waals surface area contributed by atoms with E-state index in [4.69, 9.17) is 11.6 Å². The van der Waals surface area contributed by atoms with Crippen molar-refractivity contribution in [3.8, 4) is 0 Å². The quantitative estimate of drug-likeness (QED) is 0.885. The molecule has 2 atom stereocenters. The van der Waals surface area contributed by atoms with Crippen molar-refractivity contribution in [3.63, 3.8) is 0 Å². The SMILES string of the molecule is Fc1cc(Cl)ccc1CNC1CC1c1ccccc1. The van der Waals surface area contributed by atoms with Crippen LogP contribution in [-0.4, -0.2) is 6.04 Å². The molecule has 1 saturated carbocycles. The van der Waals surface area contributed by atoms with E-state index >= 15 is 0 Å². The Morgan fingerprint density at radius 2 is 1.95 bits per heavy atom. The summed E-state index contributed by atoms with van der Waals surface area (Å²) in [6.45, 7) is 0.553. The third-order valence-electron chi connectivity index (χ3n) is 3.59. The molecule has 3 heteroatoms. The van der Waals surface area contributed by atoms with Crippen molar-refractivity contribution in [1.82, 2.24) is 5.32 Å². The van der Waals surface area contributed by atoms with Crippen molar-refractivity contribution in [2.75, 3.05) is 0 Å². The minimum atomic E-state index is -0.239. The number of nitrogens with one attached hydrogen (secondary N) is 1. The van der Waals surface area contributed by atoms with Gasteiger partial charge in [-0.05, 0) is 24.1 Å². The van der Waals surface area contributed by atoms with E-state index in [-0.39, 0.29) is 5.82 Å². The summed E-state index contributed by atoms with van der Waals surface area (Å²) in [5.41, 5.74) is 2.03. The van der Waals surface area contributed by atoms with E-state index in [0.717, 1.165) is 6.42 Å². The zero-order valence-electron chi connectivity index (χ0n) is 10.4. The molecule has 0 amide bonds. The molecule has 2 unspecified atom stereocenters. The molecule has 0 heterocycles. The van der Waals surface area contributed by atoms with Gasteiger partial charge in [0.1, 0.15) is 5.82 Å². The van der Waals surface area contributed by atoms with Crippen LogP contribution in [0.25, 0.3) is 0 Å². The summed E-state index contributed by atoms with van der Waals surface area (Å²) >= 11 is 5.73. The second-order valence-corrected chi connectivity index (χ2v) is 5.41. The molecule has 1 aliphatic carbocycles. The highest BCUT2D eigenvalue weighted by atomic mass is 35.5. The van der Waals surface area contributed by atoms with Crippen molar-refractivity contribution < 1.29 is 4.39 Å². The molecule has 0 aliphatic heterocycles. The van der Waals surface area contributed by atoms with E-state index in [1.165, 1.54) is 11.6 Å². The normalized spacial score (nSPS) is 21.4. The lowest BCUT2D eigenvalue weighted by Gasteiger charge is -2.06. The van der Waals surface area contributed by atoms with Crippen LogP contribution >= 0.6 is 11.6 Å². The summed E-state index contributed by atoms with van der Waals surface area (Å²) < 4.78 is 13.6. The van der Waals surface area contributed by atoms with E-state index in [2.05, 4.69) is 29.6 Å². The number of hydrogen-bond acceptors (Lipinski definition) is 1. The maximum absolute atomic E-state index is 13.6. The molecule has 0 bridgehead atoms. The zero-order valence-corrected chi connectivity index (χ0v) is 11.2. The standard InChI is InChI=1S/C16H15ClFN/c17-13-7-6-12(15(18)8-13)10-19-16-9-14(16)11-4-2-1-3-5-11/h1-8,14,16,19H,9-10H2. The van der Waals surface area contributed by atoms with Crippen molar-refractivity contribution in [1.29, 1.82) is 0 Å². The van der Waals surface area contributed by atoms with Gasteiger partial charge in [-0.1, -0.05) is 48.0 Å². The summed E-state index contributed by atoms with van der Waals surface area (Å²) in [5.74, 6) is 0.327. The Morgan fingerprint density at radius 1 is 1.16 bits per heavy atom. The topological polar surface area (TPSA) is 12.0 Å². The monoisotopic (exact) mass is 275 g/mol. The van der Waals surface area contributed by atoms with Crippen LogP contribution in [0, 0.1) is 5.82 Å². The van der Waals surface area contributed by atoms with Crippen LogP contribution in [0.2, 0.25) is 5.02 Å². The molecule has 1 fully saturated rings. The first-order valence-corrected chi connectivity index (χ1v) is 6.84. The largest absolute Gasteiger partial charge is 0.309 e. The highest BCUT2D eigenvalue weighted by molar-refractivity contribution is 6.30. The first-order valence-electron chi connectivity index (χ1n) is 6.46. The van der Waals surface area contributed by atoms with Crippen molar-refractivity contribution >= 4 is 11.6 Å². The minimum Gasteiger partial charge on any atom is -0.309 e. The maximum Gasteiger partial charge on any atom is 0.129 e. The van der Waals surface area contributed by atoms with Gasteiger partial charge in [0.05, 0.1) is 0 Å². The van der Waals surface area contributed by atoms with Gasteiger partial charge in [0.15, 0.2) is 0 Å². The number of rotatable bonds is 4. The Hall–Kier alpha value is -1.38. The Morgan fingerprint density at radius 3 is 2.68 bits per heavy atom.